The topological polar surface area (TPSA) is 80.8 Å². The van der Waals surface area contributed by atoms with Crippen LogP contribution < -0.4 is 10.1 Å². The van der Waals surface area contributed by atoms with Crippen molar-refractivity contribution >= 4 is 23.6 Å². The summed E-state index contributed by atoms with van der Waals surface area (Å²) in [5.74, 6) is 1.61. The summed E-state index contributed by atoms with van der Waals surface area (Å²) < 4.78 is 11.0. The van der Waals surface area contributed by atoms with Crippen LogP contribution in [0.15, 0.2) is 30.5 Å². The van der Waals surface area contributed by atoms with E-state index in [1.165, 1.54) is 49.7 Å². The van der Waals surface area contributed by atoms with E-state index in [2.05, 4.69) is 15.2 Å². The molecule has 0 atom stereocenters. The van der Waals surface area contributed by atoms with Gasteiger partial charge in [-0.3, -0.25) is 14.5 Å². The van der Waals surface area contributed by atoms with Crippen LogP contribution in [-0.2, 0) is 20.9 Å². The summed E-state index contributed by atoms with van der Waals surface area (Å²) in [5, 5.41) is 2.85. The highest BCUT2D eigenvalue weighted by Gasteiger charge is 2.23. The number of hydrogen-bond acceptors (Lipinski definition) is 7. The second-order valence-electron chi connectivity index (χ2n) is 8.63. The molecule has 1 N–H and O–H groups in total. The second-order valence-corrected chi connectivity index (χ2v) is 9.73. The Morgan fingerprint density at radius 2 is 1.97 bits per heavy atom. The Morgan fingerprint density at radius 1 is 1.15 bits per heavy atom. The zero-order chi connectivity index (χ0) is 23.1. The number of pyridine rings is 1. The number of piperidine rings is 1. The molecule has 2 aliphatic rings. The number of nitrogens with zero attached hydrogens (tertiary/aromatic N) is 2. The molecular weight excluding hydrogens is 438 g/mol. The van der Waals surface area contributed by atoms with E-state index in [9.17, 15) is 9.59 Å². The lowest BCUT2D eigenvalue weighted by molar-refractivity contribution is -0.147. The van der Waals surface area contributed by atoms with Gasteiger partial charge < -0.3 is 14.8 Å². The number of amides is 1. The molecule has 1 aromatic rings. The van der Waals surface area contributed by atoms with Gasteiger partial charge in [0.25, 0.3) is 0 Å². The molecule has 1 aliphatic heterocycles. The van der Waals surface area contributed by atoms with E-state index >= 15 is 0 Å². The van der Waals surface area contributed by atoms with Crippen LogP contribution in [-0.4, -0.2) is 66.1 Å². The Bertz CT molecular complexity index is 762. The number of rotatable bonds is 13. The van der Waals surface area contributed by atoms with Crippen LogP contribution in [0.3, 0.4) is 0 Å². The zero-order valence-corrected chi connectivity index (χ0v) is 20.3. The first-order valence-corrected chi connectivity index (χ1v) is 13.3. The van der Waals surface area contributed by atoms with Crippen molar-refractivity contribution in [1.82, 2.24) is 15.2 Å². The maximum atomic E-state index is 11.9. The lowest BCUT2D eigenvalue weighted by atomic mass is 10.1. The monoisotopic (exact) mass is 475 g/mol. The molecule has 3 rings (SSSR count). The van der Waals surface area contributed by atoms with Crippen molar-refractivity contribution < 1.29 is 19.1 Å². The smallest absolute Gasteiger partial charge is 0.308 e. The molecule has 33 heavy (non-hydrogen) atoms. The van der Waals surface area contributed by atoms with Crippen molar-refractivity contribution in [2.45, 2.75) is 51.5 Å². The summed E-state index contributed by atoms with van der Waals surface area (Å²) in [6, 6.07) is 4.05. The largest absolute Gasteiger partial charge is 0.473 e. The number of esters is 1. The third kappa shape index (κ3) is 10.2. The number of ether oxygens (including phenoxy) is 2. The number of carbonyl (C=O) groups excluding carboxylic acids is 2. The molecule has 7 nitrogen and oxygen atoms in total. The fourth-order valence-corrected chi connectivity index (χ4v) is 4.79. The molecule has 1 aromatic heterocycles. The van der Waals surface area contributed by atoms with E-state index in [-0.39, 0.29) is 17.8 Å². The summed E-state index contributed by atoms with van der Waals surface area (Å²) >= 11 is 1.48. The minimum atomic E-state index is -0.0752. The molecule has 8 heteroatoms. The van der Waals surface area contributed by atoms with Gasteiger partial charge in [0.05, 0.1) is 11.7 Å². The van der Waals surface area contributed by atoms with Gasteiger partial charge in [-0.05, 0) is 56.5 Å². The number of thioether (sulfide) groups is 1. The molecule has 0 radical (unpaired) electrons. The Hall–Kier alpha value is -2.06. The highest BCUT2D eigenvalue weighted by atomic mass is 32.2. The van der Waals surface area contributed by atoms with E-state index < -0.39 is 0 Å². The average Bonchev–Trinajstić information content (AvgIpc) is 3.37. The van der Waals surface area contributed by atoms with Crippen LogP contribution in [0.5, 0.6) is 5.88 Å². The quantitative estimate of drug-likeness (QED) is 0.265. The molecule has 1 saturated heterocycles. The molecule has 2 heterocycles. The highest BCUT2D eigenvalue weighted by Crippen LogP contribution is 2.25. The molecule has 1 aliphatic carbocycles. The summed E-state index contributed by atoms with van der Waals surface area (Å²) in [4.78, 5) is 30.5. The van der Waals surface area contributed by atoms with Gasteiger partial charge in [-0.1, -0.05) is 25.3 Å². The van der Waals surface area contributed by atoms with Crippen molar-refractivity contribution in [3.8, 4) is 5.88 Å². The van der Waals surface area contributed by atoms with Gasteiger partial charge in [0.15, 0.2) is 0 Å². The molecule has 0 aromatic carbocycles. The molecule has 2 fully saturated rings. The number of likely N-dealkylation sites (tertiary alicyclic amines) is 1. The first-order chi connectivity index (χ1) is 16.2. The fraction of sp³-hybridized carbons (Fsp3) is 0.640. The fourth-order valence-electron chi connectivity index (χ4n) is 4.16. The van der Waals surface area contributed by atoms with E-state index in [1.54, 1.807) is 6.20 Å². The summed E-state index contributed by atoms with van der Waals surface area (Å²) in [7, 11) is 0. The predicted octanol–water partition coefficient (Wildman–Crippen LogP) is 3.59. The standard InChI is InChI=1S/C25H37N3O4S/c29-23(20-33-17-16-32-25(30)22-8-2-3-9-22)26-11-4-7-15-31-24-18-21(10-12-27-24)19-28-13-5-1-6-14-28/h4,7,10,12,18,22H,1-3,5-6,8-9,11,13-17,19-20H2,(H,26,29)/b7-4-. The lowest BCUT2D eigenvalue weighted by Gasteiger charge is -2.26. The van der Waals surface area contributed by atoms with Crippen LogP contribution in [0.2, 0.25) is 0 Å². The van der Waals surface area contributed by atoms with Crippen LogP contribution >= 0.6 is 11.8 Å². The van der Waals surface area contributed by atoms with Crippen LogP contribution in [0, 0.1) is 5.92 Å². The Balaban J connectivity index is 1.20. The van der Waals surface area contributed by atoms with Gasteiger partial charge in [0, 0.05) is 31.1 Å². The van der Waals surface area contributed by atoms with Crippen molar-refractivity contribution in [2.75, 3.05) is 44.4 Å². The van der Waals surface area contributed by atoms with E-state index in [0.717, 1.165) is 32.2 Å². The number of hydrogen-bond donors (Lipinski definition) is 1. The Morgan fingerprint density at radius 3 is 2.79 bits per heavy atom. The van der Waals surface area contributed by atoms with Gasteiger partial charge >= 0.3 is 5.97 Å². The molecule has 1 saturated carbocycles. The minimum absolute atomic E-state index is 0.0280. The predicted molar refractivity (Wildman–Crippen MR) is 131 cm³/mol. The number of nitrogens with one attached hydrogen (secondary N) is 1. The Labute approximate surface area is 201 Å². The number of carbonyl (C=O) groups is 2. The minimum Gasteiger partial charge on any atom is -0.473 e. The summed E-state index contributed by atoms with van der Waals surface area (Å²) in [6.07, 6.45) is 13.6. The molecule has 182 valence electrons. The van der Waals surface area contributed by atoms with Crippen molar-refractivity contribution in [1.29, 1.82) is 0 Å². The second kappa shape index (κ2) is 15.0. The van der Waals surface area contributed by atoms with Gasteiger partial charge in [0.2, 0.25) is 11.8 Å². The summed E-state index contributed by atoms with van der Waals surface area (Å²) in [6.45, 7) is 4.53. The maximum Gasteiger partial charge on any atom is 0.308 e. The van der Waals surface area contributed by atoms with Crippen molar-refractivity contribution in [3.05, 3.63) is 36.0 Å². The van der Waals surface area contributed by atoms with Gasteiger partial charge in [-0.25, -0.2) is 4.98 Å². The molecule has 0 spiro atoms. The maximum absolute atomic E-state index is 11.9. The third-order valence-electron chi connectivity index (χ3n) is 5.96. The summed E-state index contributed by atoms with van der Waals surface area (Å²) in [5.41, 5.74) is 1.23. The van der Waals surface area contributed by atoms with Gasteiger partial charge in [0.1, 0.15) is 13.2 Å². The SMILES string of the molecule is O=C(CSCCOC(=O)C1CCCC1)NC/C=C\COc1cc(CN2CCCCC2)ccn1. The van der Waals surface area contributed by atoms with E-state index in [4.69, 9.17) is 9.47 Å². The van der Waals surface area contributed by atoms with Gasteiger partial charge in [-0.15, -0.1) is 11.8 Å². The highest BCUT2D eigenvalue weighted by molar-refractivity contribution is 7.99. The number of aromatic nitrogens is 1. The van der Waals surface area contributed by atoms with E-state index in [0.29, 0.717) is 37.1 Å². The zero-order valence-electron chi connectivity index (χ0n) is 19.5. The van der Waals surface area contributed by atoms with Crippen molar-refractivity contribution in [3.63, 3.8) is 0 Å². The third-order valence-corrected chi connectivity index (χ3v) is 6.88. The molecule has 1 amide bonds. The van der Waals surface area contributed by atoms with Crippen LogP contribution in [0.4, 0.5) is 0 Å². The molecule has 0 bridgehead atoms. The lowest BCUT2D eigenvalue weighted by Crippen LogP contribution is -2.29. The first kappa shape index (κ1) is 25.6. The molecular formula is C25H37N3O4S. The van der Waals surface area contributed by atoms with Crippen molar-refractivity contribution in [2.24, 2.45) is 5.92 Å². The Kier molecular flexibility index (Phi) is 11.6. The normalized spacial score (nSPS) is 17.3. The van der Waals surface area contributed by atoms with Crippen LogP contribution in [0.1, 0.15) is 50.5 Å². The van der Waals surface area contributed by atoms with Gasteiger partial charge in [-0.2, -0.15) is 0 Å². The van der Waals surface area contributed by atoms with E-state index in [1.807, 2.05) is 24.3 Å². The average molecular weight is 476 g/mol. The first-order valence-electron chi connectivity index (χ1n) is 12.2. The van der Waals surface area contributed by atoms with Crippen LogP contribution in [0.25, 0.3) is 0 Å². The molecule has 0 unspecified atom stereocenters.